The minimum Gasteiger partial charge on any atom is -0.543 e. The molecule has 0 unspecified atom stereocenters. The molecule has 4 heterocycles. The summed E-state index contributed by atoms with van der Waals surface area (Å²) in [5, 5.41) is 24.4. The predicted octanol–water partition coefficient (Wildman–Crippen LogP) is 4.78. The van der Waals surface area contributed by atoms with Gasteiger partial charge in [-0.15, -0.1) is 23.1 Å². The third-order valence-electron chi connectivity index (χ3n) is 9.81. The van der Waals surface area contributed by atoms with Gasteiger partial charge in [-0.25, -0.2) is 14.3 Å². The number of carboxylic acids is 1. The number of hydrogen-bond donors (Lipinski definition) is 2. The maximum Gasteiger partial charge on any atom is 0.353 e. The molecule has 2 atom stereocenters. The lowest BCUT2D eigenvalue weighted by Gasteiger charge is -2.50. The minimum absolute atomic E-state index is 0.0977. The van der Waals surface area contributed by atoms with Gasteiger partial charge in [-0.3, -0.25) is 14.5 Å². The molecule has 0 saturated carbocycles. The zero-order valence-corrected chi connectivity index (χ0v) is 35.3. The van der Waals surface area contributed by atoms with Gasteiger partial charge in [0.2, 0.25) is 5.60 Å². The Morgan fingerprint density at radius 3 is 1.95 bits per heavy atom. The highest BCUT2D eigenvalue weighted by Gasteiger charge is 2.53. The van der Waals surface area contributed by atoms with Crippen molar-refractivity contribution in [1.29, 1.82) is 0 Å². The summed E-state index contributed by atoms with van der Waals surface area (Å²) in [6.45, 7) is 8.34. The van der Waals surface area contributed by atoms with Crippen LogP contribution in [0.2, 0.25) is 0 Å². The fourth-order valence-electron chi connectivity index (χ4n) is 6.95. The molecule has 308 valence electrons. The molecule has 60 heavy (non-hydrogen) atoms. The Balaban J connectivity index is 1.22. The number of thiazole rings is 1. The zero-order chi connectivity index (χ0) is 42.7. The number of pyridine rings is 1. The van der Waals surface area contributed by atoms with Crippen molar-refractivity contribution < 1.29 is 38.4 Å². The van der Waals surface area contributed by atoms with Crippen LogP contribution in [0.4, 0.5) is 5.13 Å². The number of aromatic nitrogens is 2. The van der Waals surface area contributed by atoms with Crippen LogP contribution in [-0.2, 0) is 40.8 Å². The van der Waals surface area contributed by atoms with Gasteiger partial charge < -0.3 is 30.1 Å². The number of β-lactam (4-membered cyclic amide) rings is 1. The molecule has 7 rings (SSSR count). The highest BCUT2D eigenvalue weighted by Crippen LogP contribution is 2.42. The quantitative estimate of drug-likeness (QED) is 0.0397. The Bertz CT molecular complexity index is 2340. The lowest BCUT2D eigenvalue weighted by Crippen LogP contribution is -2.71. The number of thioether (sulfide) groups is 1. The summed E-state index contributed by atoms with van der Waals surface area (Å²) in [7, 11) is 0. The Morgan fingerprint density at radius 1 is 0.867 bits per heavy atom. The van der Waals surface area contributed by atoms with Gasteiger partial charge >= 0.3 is 5.97 Å². The second-order valence-corrected chi connectivity index (χ2v) is 17.7. The number of amides is 2. The van der Waals surface area contributed by atoms with E-state index in [-0.39, 0.29) is 29.4 Å². The number of carbonyl (C=O) groups excluding carboxylic acids is 4. The number of fused-ring (bicyclic) bond motifs is 1. The van der Waals surface area contributed by atoms with E-state index in [1.54, 1.807) is 38.5 Å². The SMILES string of the molecule is CC(C)(C)OC(=O)C(C)(C)O/N=C(\C(=O)N[C@@H]1C(=O)N2C(C(=O)[O-])=C(C[n+]3ccccc3)CS[C@H]12)c1csc(NC(c2ccccc2)(c2ccccc2)c2ccccc2)n1. The molecule has 0 aliphatic carbocycles. The van der Waals surface area contributed by atoms with Gasteiger partial charge in [-0.2, -0.15) is 0 Å². The van der Waals surface area contributed by atoms with Crippen LogP contribution in [0.1, 0.15) is 57.0 Å². The topological polar surface area (TPSA) is 166 Å². The molecule has 2 N–H and O–H groups in total. The van der Waals surface area contributed by atoms with Gasteiger partial charge in [0, 0.05) is 28.8 Å². The standard InChI is InChI=1S/C45H44N6O7S2/c1-43(2,3)57-41(56)44(4,5)58-49-34(37(52)47-35-38(53)51-36(40(54)55)29(27-59-39(35)51)26-50-24-16-9-17-25-50)33-28-60-42(46-33)48-45(30-18-10-6-11-19-30,31-20-12-7-13-21-31)32-22-14-8-15-23-32/h6-25,28,35,39H,26-27H2,1-5H3,(H2-,46,47,48,52,54,55)/b49-34-/t35-,39-/m1/s1. The summed E-state index contributed by atoms with van der Waals surface area (Å²) in [6.07, 6.45) is 3.60. The molecular formula is C45H44N6O7S2. The summed E-state index contributed by atoms with van der Waals surface area (Å²) in [5.74, 6) is -3.36. The second kappa shape index (κ2) is 17.1. The minimum atomic E-state index is -1.64. The Kier molecular flexibility index (Phi) is 11.9. The van der Waals surface area contributed by atoms with Crippen LogP contribution in [0.3, 0.4) is 0 Å². The van der Waals surface area contributed by atoms with Crippen molar-refractivity contribution in [3.63, 3.8) is 0 Å². The van der Waals surface area contributed by atoms with E-state index in [1.165, 1.54) is 36.9 Å². The fourth-order valence-corrected chi connectivity index (χ4v) is 9.03. The monoisotopic (exact) mass is 844 g/mol. The average molecular weight is 845 g/mol. The number of oxime groups is 1. The van der Waals surface area contributed by atoms with E-state index in [9.17, 15) is 24.3 Å². The van der Waals surface area contributed by atoms with Gasteiger partial charge in [-0.1, -0.05) is 102 Å². The maximum absolute atomic E-state index is 14.3. The fraction of sp³-hybridized carbons (Fsp3) is 0.267. The lowest BCUT2D eigenvalue weighted by molar-refractivity contribution is -0.689. The summed E-state index contributed by atoms with van der Waals surface area (Å²) >= 11 is 2.55. The van der Waals surface area contributed by atoms with Crippen molar-refractivity contribution >= 4 is 57.7 Å². The van der Waals surface area contributed by atoms with Crippen molar-refractivity contribution in [3.05, 3.63) is 161 Å². The number of rotatable bonds is 14. The molecule has 0 spiro atoms. The van der Waals surface area contributed by atoms with Crippen LogP contribution in [0, 0.1) is 0 Å². The zero-order valence-electron chi connectivity index (χ0n) is 33.7. The molecule has 1 saturated heterocycles. The van der Waals surface area contributed by atoms with Gasteiger partial charge in [0.05, 0.1) is 11.7 Å². The smallest absolute Gasteiger partial charge is 0.353 e. The van der Waals surface area contributed by atoms with Crippen molar-refractivity contribution in [1.82, 2.24) is 15.2 Å². The van der Waals surface area contributed by atoms with Crippen LogP contribution in [0.15, 0.2) is 143 Å². The number of carbonyl (C=O) groups is 4. The van der Waals surface area contributed by atoms with E-state index in [0.29, 0.717) is 10.7 Å². The van der Waals surface area contributed by atoms with Crippen molar-refractivity contribution in [2.75, 3.05) is 11.1 Å². The first-order chi connectivity index (χ1) is 28.7. The number of nitrogens with one attached hydrogen (secondary N) is 2. The van der Waals surface area contributed by atoms with E-state index in [2.05, 4.69) is 15.8 Å². The first kappa shape index (κ1) is 41.8. The van der Waals surface area contributed by atoms with E-state index < -0.39 is 51.9 Å². The molecule has 13 nitrogen and oxygen atoms in total. The van der Waals surface area contributed by atoms with E-state index in [0.717, 1.165) is 21.6 Å². The number of aliphatic carboxylic acids is 1. The Labute approximate surface area is 356 Å². The van der Waals surface area contributed by atoms with Crippen LogP contribution in [0.5, 0.6) is 0 Å². The maximum atomic E-state index is 14.3. The summed E-state index contributed by atoms with van der Waals surface area (Å²) in [5.41, 5.74) is -0.526. The van der Waals surface area contributed by atoms with E-state index >= 15 is 0 Å². The van der Waals surface area contributed by atoms with E-state index in [1.807, 2.05) is 114 Å². The molecule has 3 aromatic carbocycles. The molecule has 5 aromatic rings. The largest absolute Gasteiger partial charge is 0.543 e. The third-order valence-corrected chi connectivity index (χ3v) is 11.9. The second-order valence-electron chi connectivity index (χ2n) is 15.7. The molecule has 0 radical (unpaired) electrons. The highest BCUT2D eigenvalue weighted by molar-refractivity contribution is 8.00. The van der Waals surface area contributed by atoms with Gasteiger partial charge in [0.1, 0.15) is 28.2 Å². The molecule has 2 amide bonds. The molecule has 2 aliphatic rings. The normalized spacial score (nSPS) is 17.0. The van der Waals surface area contributed by atoms with Crippen LogP contribution >= 0.6 is 23.1 Å². The number of carboxylic acid groups (broad SMARTS) is 1. The third kappa shape index (κ3) is 8.68. The Hall–Kier alpha value is -6.32. The molecule has 1 fully saturated rings. The number of ether oxygens (including phenoxy) is 1. The first-order valence-electron chi connectivity index (χ1n) is 19.2. The summed E-state index contributed by atoms with van der Waals surface area (Å²) < 4.78 is 7.37. The van der Waals surface area contributed by atoms with Gasteiger partial charge in [0.15, 0.2) is 29.8 Å². The number of benzene rings is 3. The number of hydrogen-bond acceptors (Lipinski definition) is 12. The van der Waals surface area contributed by atoms with Crippen LogP contribution in [0.25, 0.3) is 0 Å². The van der Waals surface area contributed by atoms with E-state index in [4.69, 9.17) is 14.6 Å². The number of anilines is 1. The Morgan fingerprint density at radius 2 is 1.42 bits per heavy atom. The number of esters is 1. The van der Waals surface area contributed by atoms with Gasteiger partial charge in [-0.05, 0) is 51.3 Å². The molecule has 15 heteroatoms. The molecule has 0 bridgehead atoms. The predicted molar refractivity (Wildman–Crippen MR) is 226 cm³/mol. The van der Waals surface area contributed by atoms with Crippen LogP contribution < -0.4 is 20.3 Å². The summed E-state index contributed by atoms with van der Waals surface area (Å²) in [6, 6.07) is 34.2. The van der Waals surface area contributed by atoms with Gasteiger partial charge in [0.25, 0.3) is 11.8 Å². The first-order valence-corrected chi connectivity index (χ1v) is 21.1. The van der Waals surface area contributed by atoms with Crippen LogP contribution in [-0.4, -0.2) is 67.7 Å². The lowest BCUT2D eigenvalue weighted by atomic mass is 9.77. The molecule has 2 aromatic heterocycles. The van der Waals surface area contributed by atoms with Crippen molar-refractivity contribution in [2.45, 2.75) is 69.3 Å². The average Bonchev–Trinajstić information content (AvgIpc) is 3.70. The molecular weight excluding hydrogens is 801 g/mol. The van der Waals surface area contributed by atoms with Crippen molar-refractivity contribution in [2.24, 2.45) is 5.16 Å². The molecule has 2 aliphatic heterocycles. The van der Waals surface area contributed by atoms with Crippen molar-refractivity contribution in [3.8, 4) is 0 Å². The summed E-state index contributed by atoms with van der Waals surface area (Å²) in [4.78, 5) is 65.5. The number of nitrogens with zero attached hydrogens (tertiary/aromatic N) is 4. The highest BCUT2D eigenvalue weighted by atomic mass is 32.2.